The highest BCUT2D eigenvalue weighted by atomic mass is 16.4. The number of hydrogen-bond acceptors (Lipinski definition) is 4. The number of aromatic nitrogens is 3. The van der Waals surface area contributed by atoms with Crippen LogP contribution >= 0.6 is 0 Å². The number of hydrogen-bond donors (Lipinski definition) is 2. The van der Waals surface area contributed by atoms with Gasteiger partial charge in [0, 0.05) is 0 Å². The molecule has 2 N–H and O–H groups in total. The minimum absolute atomic E-state index is 0.0750. The molecule has 0 aliphatic heterocycles. The van der Waals surface area contributed by atoms with Gasteiger partial charge in [-0.15, -0.1) is 15.0 Å². The molecule has 0 fully saturated rings. The smallest absolute Gasteiger partial charge is 0.335 e. The lowest BCUT2D eigenvalue weighted by molar-refractivity contribution is 0.0697. The van der Waals surface area contributed by atoms with Gasteiger partial charge < -0.3 is 10.2 Å². The van der Waals surface area contributed by atoms with E-state index in [1.807, 2.05) is 19.1 Å². The third-order valence-corrected chi connectivity index (χ3v) is 3.29. The first-order valence-corrected chi connectivity index (χ1v) is 6.51. The highest BCUT2D eigenvalue weighted by Gasteiger charge is 2.11. The van der Waals surface area contributed by atoms with Gasteiger partial charge >= 0.3 is 5.97 Å². The largest absolute Gasteiger partial charge is 0.506 e. The van der Waals surface area contributed by atoms with E-state index in [4.69, 9.17) is 5.11 Å². The van der Waals surface area contributed by atoms with E-state index in [0.717, 1.165) is 12.0 Å². The molecule has 6 heteroatoms. The van der Waals surface area contributed by atoms with Crippen molar-refractivity contribution < 1.29 is 15.0 Å². The number of carboxylic acid groups (broad SMARTS) is 1. The number of phenolic OH excluding ortho intramolecular Hbond substituents is 1. The lowest BCUT2D eigenvalue weighted by atomic mass is 10.1. The average molecular weight is 283 g/mol. The first kappa shape index (κ1) is 13.1. The summed E-state index contributed by atoms with van der Waals surface area (Å²) < 4.78 is 0. The summed E-state index contributed by atoms with van der Waals surface area (Å²) in [4.78, 5) is 12.3. The molecular weight excluding hydrogens is 270 g/mol. The van der Waals surface area contributed by atoms with E-state index >= 15 is 0 Å². The van der Waals surface area contributed by atoms with Gasteiger partial charge in [0.2, 0.25) is 0 Å². The van der Waals surface area contributed by atoms with Crippen molar-refractivity contribution in [2.75, 3.05) is 0 Å². The Morgan fingerprint density at radius 1 is 1.14 bits per heavy atom. The summed E-state index contributed by atoms with van der Waals surface area (Å²) in [6.07, 6.45) is 0.831. The van der Waals surface area contributed by atoms with E-state index in [-0.39, 0.29) is 11.3 Å². The van der Waals surface area contributed by atoms with Gasteiger partial charge in [-0.05, 0) is 42.3 Å². The number of aromatic hydroxyl groups is 1. The molecule has 21 heavy (non-hydrogen) atoms. The monoisotopic (exact) mass is 283 g/mol. The number of benzene rings is 2. The third-order valence-electron chi connectivity index (χ3n) is 3.29. The summed E-state index contributed by atoms with van der Waals surface area (Å²) in [5.74, 6) is -0.937. The van der Waals surface area contributed by atoms with E-state index in [1.54, 1.807) is 12.1 Å². The standard InChI is InChI=1S/C15H13N3O3/c1-2-9-3-6-14(19)13(7-9)18-16-11-5-4-10(15(20)21)8-12(11)17-18/h3-8,19H,2H2,1H3,(H,20,21). The van der Waals surface area contributed by atoms with E-state index in [9.17, 15) is 9.90 Å². The van der Waals surface area contributed by atoms with Gasteiger partial charge in [0.05, 0.1) is 5.56 Å². The van der Waals surface area contributed by atoms with Gasteiger partial charge in [-0.2, -0.15) is 0 Å². The number of phenols is 1. The zero-order valence-electron chi connectivity index (χ0n) is 11.3. The van der Waals surface area contributed by atoms with Crippen LogP contribution in [0.5, 0.6) is 5.75 Å². The fourth-order valence-corrected chi connectivity index (χ4v) is 2.10. The van der Waals surface area contributed by atoms with Crippen molar-refractivity contribution >= 4 is 17.0 Å². The van der Waals surface area contributed by atoms with Gasteiger partial charge in [0.15, 0.2) is 0 Å². The number of nitrogens with zero attached hydrogens (tertiary/aromatic N) is 3. The molecule has 0 aliphatic carbocycles. The van der Waals surface area contributed by atoms with Gasteiger partial charge in [0.25, 0.3) is 0 Å². The fourth-order valence-electron chi connectivity index (χ4n) is 2.10. The maximum atomic E-state index is 11.0. The Labute approximate surface area is 120 Å². The molecule has 0 amide bonds. The maximum absolute atomic E-state index is 11.0. The third kappa shape index (κ3) is 2.31. The Balaban J connectivity index is 2.15. The Morgan fingerprint density at radius 3 is 2.62 bits per heavy atom. The molecule has 0 bridgehead atoms. The fraction of sp³-hybridized carbons (Fsp3) is 0.133. The van der Waals surface area contributed by atoms with Gasteiger partial charge in [-0.1, -0.05) is 13.0 Å². The van der Waals surface area contributed by atoms with Crippen molar-refractivity contribution in [1.29, 1.82) is 0 Å². The van der Waals surface area contributed by atoms with E-state index in [1.165, 1.54) is 16.9 Å². The molecule has 3 rings (SSSR count). The van der Waals surface area contributed by atoms with Crippen LogP contribution in [0.2, 0.25) is 0 Å². The minimum Gasteiger partial charge on any atom is -0.506 e. The van der Waals surface area contributed by atoms with Crippen molar-refractivity contribution in [2.24, 2.45) is 0 Å². The lowest BCUT2D eigenvalue weighted by Gasteiger charge is -2.04. The van der Waals surface area contributed by atoms with Crippen LogP contribution in [0.3, 0.4) is 0 Å². The first-order chi connectivity index (χ1) is 10.1. The number of fused-ring (bicyclic) bond motifs is 1. The molecule has 1 aromatic heterocycles. The van der Waals surface area contributed by atoms with Crippen molar-refractivity contribution in [3.8, 4) is 11.4 Å². The molecule has 0 aliphatic rings. The zero-order valence-corrected chi connectivity index (χ0v) is 11.3. The van der Waals surface area contributed by atoms with Crippen LogP contribution in [-0.4, -0.2) is 31.2 Å². The second kappa shape index (κ2) is 4.90. The first-order valence-electron chi connectivity index (χ1n) is 6.51. The SMILES string of the molecule is CCc1ccc(O)c(-n2nc3ccc(C(=O)O)cc3n2)c1. The molecule has 0 unspecified atom stereocenters. The normalized spacial score (nSPS) is 10.9. The molecule has 0 spiro atoms. The number of rotatable bonds is 3. The van der Waals surface area contributed by atoms with Crippen molar-refractivity contribution in [3.63, 3.8) is 0 Å². The van der Waals surface area contributed by atoms with E-state index in [0.29, 0.717) is 16.7 Å². The van der Waals surface area contributed by atoms with E-state index < -0.39 is 5.97 Å². The molecule has 6 nitrogen and oxygen atoms in total. The number of carbonyl (C=O) groups is 1. The molecule has 1 heterocycles. The topological polar surface area (TPSA) is 88.2 Å². The van der Waals surface area contributed by atoms with Crippen LogP contribution in [0.15, 0.2) is 36.4 Å². The molecule has 0 atom stereocenters. The molecule has 0 saturated heterocycles. The van der Waals surface area contributed by atoms with Crippen molar-refractivity contribution in [3.05, 3.63) is 47.5 Å². The molecule has 106 valence electrons. The Bertz CT molecular complexity index is 839. The minimum atomic E-state index is -1.01. The summed E-state index contributed by atoms with van der Waals surface area (Å²) >= 11 is 0. The quantitative estimate of drug-likeness (QED) is 0.770. The molecule has 0 radical (unpaired) electrons. The summed E-state index contributed by atoms with van der Waals surface area (Å²) in [5.41, 5.74) is 2.72. The van der Waals surface area contributed by atoms with Crippen LogP contribution in [0, 0.1) is 0 Å². The Hall–Kier alpha value is -2.89. The second-order valence-electron chi connectivity index (χ2n) is 4.67. The van der Waals surface area contributed by atoms with Crippen LogP contribution in [-0.2, 0) is 6.42 Å². The van der Waals surface area contributed by atoms with Crippen LogP contribution < -0.4 is 0 Å². The van der Waals surface area contributed by atoms with Gasteiger partial charge in [-0.3, -0.25) is 0 Å². The second-order valence-corrected chi connectivity index (χ2v) is 4.67. The van der Waals surface area contributed by atoms with E-state index in [2.05, 4.69) is 10.2 Å². The van der Waals surface area contributed by atoms with Crippen molar-refractivity contribution in [1.82, 2.24) is 15.0 Å². The summed E-state index contributed by atoms with van der Waals surface area (Å²) in [6, 6.07) is 9.79. The highest BCUT2D eigenvalue weighted by Crippen LogP contribution is 2.23. The van der Waals surface area contributed by atoms with Crippen LogP contribution in [0.25, 0.3) is 16.7 Å². The number of aryl methyl sites for hydroxylation is 1. The predicted molar refractivity (Wildman–Crippen MR) is 76.9 cm³/mol. The Kier molecular flexibility index (Phi) is 3.06. The summed E-state index contributed by atoms with van der Waals surface area (Å²) in [6.45, 7) is 2.02. The summed E-state index contributed by atoms with van der Waals surface area (Å²) in [7, 11) is 0. The molecule has 2 aromatic carbocycles. The number of aromatic carboxylic acids is 1. The molecule has 0 saturated carbocycles. The van der Waals surface area contributed by atoms with Crippen LogP contribution in [0.1, 0.15) is 22.8 Å². The predicted octanol–water partition coefficient (Wildman–Crippen LogP) is 2.39. The maximum Gasteiger partial charge on any atom is 0.335 e. The zero-order chi connectivity index (χ0) is 15.0. The molecule has 3 aromatic rings. The van der Waals surface area contributed by atoms with Crippen molar-refractivity contribution in [2.45, 2.75) is 13.3 Å². The molecular formula is C15H13N3O3. The highest BCUT2D eigenvalue weighted by molar-refractivity contribution is 5.92. The van der Waals surface area contributed by atoms with Gasteiger partial charge in [0.1, 0.15) is 22.5 Å². The number of carboxylic acids is 1. The lowest BCUT2D eigenvalue weighted by Crippen LogP contribution is -2.00. The van der Waals surface area contributed by atoms with Crippen LogP contribution in [0.4, 0.5) is 0 Å². The Morgan fingerprint density at radius 2 is 1.90 bits per heavy atom. The van der Waals surface area contributed by atoms with Gasteiger partial charge in [-0.25, -0.2) is 4.79 Å². The summed E-state index contributed by atoms with van der Waals surface area (Å²) in [5, 5.41) is 27.5. The average Bonchev–Trinajstić information content (AvgIpc) is 2.90.